The Labute approximate surface area is 158 Å². The maximum atomic E-state index is 12.9. The van der Waals surface area contributed by atoms with Crippen LogP contribution in [-0.4, -0.2) is 22.9 Å². The van der Waals surface area contributed by atoms with E-state index in [-0.39, 0.29) is 0 Å². The molecule has 8 heteroatoms. The molecule has 2 aromatic carbocycles. The summed E-state index contributed by atoms with van der Waals surface area (Å²) in [5.74, 6) is -1.09. The van der Waals surface area contributed by atoms with Gasteiger partial charge in [0.2, 0.25) is 0 Å². The van der Waals surface area contributed by atoms with Crippen LogP contribution in [0, 0.1) is 5.82 Å². The van der Waals surface area contributed by atoms with Crippen molar-refractivity contribution in [2.24, 2.45) is 0 Å². The number of amides is 2. The molecule has 0 aliphatic carbocycles. The van der Waals surface area contributed by atoms with Crippen LogP contribution in [0.1, 0.15) is 11.9 Å². The third kappa shape index (κ3) is 5.11. The highest BCUT2D eigenvalue weighted by molar-refractivity contribution is 7.19. The van der Waals surface area contributed by atoms with Crippen molar-refractivity contribution in [3.63, 3.8) is 0 Å². The standard InChI is InChI=1S/C19H16FN3O3S/c1-12(26-14-8-6-13(20)7-9-14)19(25)23-22-17(24)10-11-18-21-15-4-2-3-5-16(15)27-18/h2-12H,1H3,(H,22,24)(H,23,25). The summed E-state index contributed by atoms with van der Waals surface area (Å²) in [4.78, 5) is 28.2. The second kappa shape index (κ2) is 8.41. The fraction of sp³-hybridized carbons (Fsp3) is 0.105. The van der Waals surface area contributed by atoms with Crippen molar-refractivity contribution in [1.29, 1.82) is 0 Å². The Balaban J connectivity index is 1.48. The number of nitrogens with zero attached hydrogens (tertiary/aromatic N) is 1. The van der Waals surface area contributed by atoms with Crippen LogP contribution in [0.2, 0.25) is 0 Å². The fourth-order valence-corrected chi connectivity index (χ4v) is 3.02. The van der Waals surface area contributed by atoms with Gasteiger partial charge in [0, 0.05) is 6.08 Å². The molecule has 3 rings (SSSR count). The van der Waals surface area contributed by atoms with Crippen molar-refractivity contribution in [2.75, 3.05) is 0 Å². The van der Waals surface area contributed by atoms with Crippen LogP contribution in [-0.2, 0) is 9.59 Å². The highest BCUT2D eigenvalue weighted by Crippen LogP contribution is 2.22. The Bertz CT molecular complexity index is 952. The number of hydrazine groups is 1. The van der Waals surface area contributed by atoms with E-state index in [1.165, 1.54) is 48.6 Å². The summed E-state index contributed by atoms with van der Waals surface area (Å²) in [5, 5.41) is 0.686. The molecule has 2 amide bonds. The van der Waals surface area contributed by atoms with Crippen LogP contribution < -0.4 is 15.6 Å². The smallest absolute Gasteiger partial charge is 0.279 e. The molecule has 1 atom stereocenters. The number of para-hydroxylation sites is 1. The van der Waals surface area contributed by atoms with Gasteiger partial charge in [-0.2, -0.15) is 0 Å². The van der Waals surface area contributed by atoms with Crippen molar-refractivity contribution in [3.05, 3.63) is 65.4 Å². The van der Waals surface area contributed by atoms with Gasteiger partial charge < -0.3 is 4.74 Å². The lowest BCUT2D eigenvalue weighted by Crippen LogP contribution is -2.46. The molecular weight excluding hydrogens is 369 g/mol. The van der Waals surface area contributed by atoms with E-state index < -0.39 is 23.7 Å². The second-order valence-corrected chi connectivity index (χ2v) is 6.61. The van der Waals surface area contributed by atoms with E-state index in [1.54, 1.807) is 6.08 Å². The highest BCUT2D eigenvalue weighted by atomic mass is 32.1. The zero-order valence-electron chi connectivity index (χ0n) is 14.3. The monoisotopic (exact) mass is 385 g/mol. The first-order chi connectivity index (χ1) is 13.0. The summed E-state index contributed by atoms with van der Waals surface area (Å²) >= 11 is 1.46. The van der Waals surface area contributed by atoms with Gasteiger partial charge in [-0.15, -0.1) is 11.3 Å². The number of ether oxygens (including phenoxy) is 1. The van der Waals surface area contributed by atoms with Crippen LogP contribution in [0.5, 0.6) is 5.75 Å². The first-order valence-corrected chi connectivity index (χ1v) is 8.88. The van der Waals surface area contributed by atoms with E-state index in [2.05, 4.69) is 15.8 Å². The van der Waals surface area contributed by atoms with E-state index in [0.717, 1.165) is 10.2 Å². The Hall–Kier alpha value is -3.26. The zero-order valence-corrected chi connectivity index (χ0v) is 15.1. The van der Waals surface area contributed by atoms with Gasteiger partial charge in [-0.1, -0.05) is 12.1 Å². The molecule has 1 unspecified atom stereocenters. The number of carbonyl (C=O) groups is 2. The van der Waals surface area contributed by atoms with Crippen molar-refractivity contribution >= 4 is 39.4 Å². The van der Waals surface area contributed by atoms with Crippen LogP contribution in [0.25, 0.3) is 16.3 Å². The Morgan fingerprint density at radius 3 is 2.63 bits per heavy atom. The van der Waals surface area contributed by atoms with Gasteiger partial charge in [0.1, 0.15) is 16.6 Å². The van der Waals surface area contributed by atoms with Crippen molar-refractivity contribution in [3.8, 4) is 5.75 Å². The number of fused-ring (bicyclic) bond motifs is 1. The Morgan fingerprint density at radius 1 is 1.15 bits per heavy atom. The number of aromatic nitrogens is 1. The third-order valence-corrected chi connectivity index (χ3v) is 4.49. The van der Waals surface area contributed by atoms with Gasteiger partial charge in [-0.25, -0.2) is 9.37 Å². The maximum absolute atomic E-state index is 12.9. The quantitative estimate of drug-likeness (QED) is 0.523. The minimum atomic E-state index is -0.871. The van der Waals surface area contributed by atoms with Gasteiger partial charge in [0.25, 0.3) is 11.8 Å². The molecular formula is C19H16FN3O3S. The number of hydrogen-bond donors (Lipinski definition) is 2. The highest BCUT2D eigenvalue weighted by Gasteiger charge is 2.15. The lowest BCUT2D eigenvalue weighted by atomic mass is 10.3. The fourth-order valence-electron chi connectivity index (χ4n) is 2.15. The molecule has 0 bridgehead atoms. The van der Waals surface area contributed by atoms with E-state index in [9.17, 15) is 14.0 Å². The van der Waals surface area contributed by atoms with Crippen molar-refractivity contribution in [2.45, 2.75) is 13.0 Å². The number of hydrogen-bond acceptors (Lipinski definition) is 5. The van der Waals surface area contributed by atoms with Crippen molar-refractivity contribution in [1.82, 2.24) is 15.8 Å². The summed E-state index contributed by atoms with van der Waals surface area (Å²) in [6, 6.07) is 13.0. The molecule has 138 valence electrons. The minimum Gasteiger partial charge on any atom is -0.481 e. The molecule has 0 saturated carbocycles. The summed E-state index contributed by atoms with van der Waals surface area (Å²) in [6.45, 7) is 1.52. The van der Waals surface area contributed by atoms with Gasteiger partial charge in [-0.05, 0) is 49.4 Å². The van der Waals surface area contributed by atoms with Gasteiger partial charge in [-0.3, -0.25) is 20.4 Å². The number of thiazole rings is 1. The van der Waals surface area contributed by atoms with Gasteiger partial charge >= 0.3 is 0 Å². The molecule has 0 radical (unpaired) electrons. The largest absolute Gasteiger partial charge is 0.481 e. The van der Waals surface area contributed by atoms with Crippen LogP contribution >= 0.6 is 11.3 Å². The van der Waals surface area contributed by atoms with Gasteiger partial charge in [0.15, 0.2) is 6.10 Å². The molecule has 0 fully saturated rings. The van der Waals surface area contributed by atoms with E-state index in [1.807, 2.05) is 24.3 Å². The minimum absolute atomic E-state index is 0.348. The van der Waals surface area contributed by atoms with E-state index >= 15 is 0 Å². The zero-order chi connectivity index (χ0) is 19.2. The van der Waals surface area contributed by atoms with E-state index in [0.29, 0.717) is 10.8 Å². The molecule has 3 aromatic rings. The van der Waals surface area contributed by atoms with E-state index in [4.69, 9.17) is 4.74 Å². The SMILES string of the molecule is CC(Oc1ccc(F)cc1)C(=O)NNC(=O)C=Cc1nc2ccccc2s1. The molecule has 1 aromatic heterocycles. The molecule has 0 aliphatic heterocycles. The molecule has 0 aliphatic rings. The topological polar surface area (TPSA) is 80.3 Å². The third-order valence-electron chi connectivity index (χ3n) is 3.49. The molecule has 0 spiro atoms. The molecule has 0 saturated heterocycles. The summed E-state index contributed by atoms with van der Waals surface area (Å²) in [5.41, 5.74) is 5.41. The second-order valence-electron chi connectivity index (χ2n) is 5.55. The molecule has 1 heterocycles. The first kappa shape index (κ1) is 18.5. The molecule has 27 heavy (non-hydrogen) atoms. The summed E-state index contributed by atoms with van der Waals surface area (Å²) < 4.78 is 19.3. The van der Waals surface area contributed by atoms with Crippen molar-refractivity contribution < 1.29 is 18.7 Å². The number of nitrogens with one attached hydrogen (secondary N) is 2. The summed E-state index contributed by atoms with van der Waals surface area (Å²) in [7, 11) is 0. The number of halogens is 1. The first-order valence-electron chi connectivity index (χ1n) is 8.07. The number of carbonyl (C=O) groups excluding carboxylic acids is 2. The normalized spacial score (nSPS) is 12.1. The predicted octanol–water partition coefficient (Wildman–Crippen LogP) is 3.06. The van der Waals surface area contributed by atoms with Gasteiger partial charge in [0.05, 0.1) is 10.2 Å². The van der Waals surface area contributed by atoms with Crippen LogP contribution in [0.3, 0.4) is 0 Å². The maximum Gasteiger partial charge on any atom is 0.279 e. The number of benzene rings is 2. The average Bonchev–Trinajstić information content (AvgIpc) is 3.09. The average molecular weight is 385 g/mol. The lowest BCUT2D eigenvalue weighted by Gasteiger charge is -2.14. The molecule has 6 nitrogen and oxygen atoms in total. The van der Waals surface area contributed by atoms with Crippen LogP contribution in [0.15, 0.2) is 54.6 Å². The molecule has 2 N–H and O–H groups in total. The summed E-state index contributed by atoms with van der Waals surface area (Å²) in [6.07, 6.45) is 1.98. The Morgan fingerprint density at radius 2 is 1.89 bits per heavy atom. The lowest BCUT2D eigenvalue weighted by molar-refractivity contribution is -0.131. The predicted molar refractivity (Wildman–Crippen MR) is 101 cm³/mol. The van der Waals surface area contributed by atoms with Crippen LogP contribution in [0.4, 0.5) is 4.39 Å². The number of rotatable bonds is 5. The Kier molecular flexibility index (Phi) is 5.77.